The minimum atomic E-state index is -0.975. The first kappa shape index (κ1) is 29.0. The fourth-order valence-corrected chi connectivity index (χ4v) is 4.07. The zero-order valence-corrected chi connectivity index (χ0v) is 23.1. The predicted octanol–water partition coefficient (Wildman–Crippen LogP) is 1.90. The van der Waals surface area contributed by atoms with Crippen molar-refractivity contribution in [1.82, 2.24) is 30.5 Å². The molecule has 0 spiro atoms. The summed E-state index contributed by atoms with van der Waals surface area (Å²) in [6, 6.07) is 4.04. The van der Waals surface area contributed by atoms with Crippen molar-refractivity contribution in [1.29, 1.82) is 0 Å². The second-order valence-corrected chi connectivity index (χ2v) is 9.49. The lowest BCUT2D eigenvalue weighted by molar-refractivity contribution is -0.154. The number of carbonyl (C=O) groups excluding carboxylic acids is 5. The highest BCUT2D eigenvalue weighted by atomic mass is 16.7. The summed E-state index contributed by atoms with van der Waals surface area (Å²) in [6.45, 7) is 6.30. The number of benzene rings is 1. The fourth-order valence-electron chi connectivity index (χ4n) is 4.07. The molecule has 3 aromatic rings. The first-order chi connectivity index (χ1) is 19.7. The number of aromatic nitrogens is 3. The Morgan fingerprint density at radius 3 is 2.61 bits per heavy atom. The lowest BCUT2D eigenvalue weighted by Gasteiger charge is -2.24. The Hall–Kier alpha value is -5.01. The molecule has 1 aromatic carbocycles. The number of nitrogens with zero attached hydrogens (tertiary/aromatic N) is 4. The number of hydrogen-bond donors (Lipinski definition) is 3. The summed E-state index contributed by atoms with van der Waals surface area (Å²) in [7, 11) is 0. The standard InChI is InChI=1S/C27H31N7O7/c1-5-28-25(37)20-11-33-22(16(20)3)23(29-12-31-33)34(27(39)41-14-40-26(38)17(4)30-13-35)21-10-18(7-6-15(21)2)24(36)32-19-8-9-19/h6-7,10-13,17,19H,5,8-9,14H2,1-4H3,(H,28,37)(H,30,35)(H,32,36). The molecule has 14 nitrogen and oxygen atoms in total. The molecule has 4 amide bonds. The second kappa shape index (κ2) is 12.4. The SMILES string of the molecule is CCNC(=O)c1cn2ncnc(N(C(=O)OCOC(=O)C(C)NC=O)c3cc(C(=O)NC4CC4)ccc3C)c2c1C. The third-order valence-electron chi connectivity index (χ3n) is 6.46. The third-order valence-corrected chi connectivity index (χ3v) is 6.46. The Morgan fingerprint density at radius 1 is 1.17 bits per heavy atom. The molecule has 14 heteroatoms. The number of esters is 1. The smallest absolute Gasteiger partial charge is 0.423 e. The number of anilines is 2. The van der Waals surface area contributed by atoms with Gasteiger partial charge in [0.2, 0.25) is 13.2 Å². The van der Waals surface area contributed by atoms with Crippen molar-refractivity contribution < 1.29 is 33.4 Å². The van der Waals surface area contributed by atoms with Crippen LogP contribution < -0.4 is 20.9 Å². The summed E-state index contributed by atoms with van der Waals surface area (Å²) < 4.78 is 11.7. The van der Waals surface area contributed by atoms with Gasteiger partial charge in [-0.3, -0.25) is 14.4 Å². The van der Waals surface area contributed by atoms with Crippen molar-refractivity contribution in [2.75, 3.05) is 18.2 Å². The molecule has 1 fully saturated rings. The van der Waals surface area contributed by atoms with Gasteiger partial charge >= 0.3 is 12.1 Å². The Balaban J connectivity index is 1.76. The molecular formula is C27H31N7O7. The van der Waals surface area contributed by atoms with E-state index in [1.54, 1.807) is 32.9 Å². The van der Waals surface area contributed by atoms with Gasteiger partial charge in [0.05, 0.1) is 11.3 Å². The maximum atomic E-state index is 13.6. The number of fused-ring (bicyclic) bond motifs is 1. The Labute approximate surface area is 235 Å². The summed E-state index contributed by atoms with van der Waals surface area (Å²) >= 11 is 0. The molecule has 0 aliphatic heterocycles. The quantitative estimate of drug-likeness (QED) is 0.178. The monoisotopic (exact) mass is 565 g/mol. The molecule has 3 N–H and O–H groups in total. The van der Waals surface area contributed by atoms with E-state index in [0.717, 1.165) is 17.7 Å². The van der Waals surface area contributed by atoms with Gasteiger partial charge in [0.15, 0.2) is 5.82 Å². The topological polar surface area (TPSA) is 173 Å². The molecule has 1 unspecified atom stereocenters. The highest BCUT2D eigenvalue weighted by Gasteiger charge is 2.30. The van der Waals surface area contributed by atoms with Gasteiger partial charge in [-0.2, -0.15) is 5.10 Å². The Kier molecular flexibility index (Phi) is 8.80. The van der Waals surface area contributed by atoms with E-state index >= 15 is 0 Å². The molecule has 41 heavy (non-hydrogen) atoms. The number of ether oxygens (including phenoxy) is 2. The van der Waals surface area contributed by atoms with Gasteiger partial charge in [-0.15, -0.1) is 0 Å². The van der Waals surface area contributed by atoms with Crippen LogP contribution in [0, 0.1) is 13.8 Å². The molecule has 0 saturated heterocycles. The average molecular weight is 566 g/mol. The molecule has 4 rings (SSSR count). The van der Waals surface area contributed by atoms with Crippen LogP contribution in [0.5, 0.6) is 0 Å². The predicted molar refractivity (Wildman–Crippen MR) is 146 cm³/mol. The first-order valence-electron chi connectivity index (χ1n) is 13.0. The highest BCUT2D eigenvalue weighted by Crippen LogP contribution is 2.34. The number of rotatable bonds is 11. The van der Waals surface area contributed by atoms with Gasteiger partial charge < -0.3 is 25.4 Å². The summed E-state index contributed by atoms with van der Waals surface area (Å²) in [5.74, 6) is -1.36. The molecule has 0 radical (unpaired) electrons. The van der Waals surface area contributed by atoms with Crippen LogP contribution in [0.2, 0.25) is 0 Å². The Morgan fingerprint density at radius 2 is 1.93 bits per heavy atom. The van der Waals surface area contributed by atoms with Crippen LogP contribution in [0.15, 0.2) is 30.7 Å². The van der Waals surface area contributed by atoms with Crippen molar-refractivity contribution >= 4 is 47.3 Å². The van der Waals surface area contributed by atoms with E-state index in [2.05, 4.69) is 26.0 Å². The van der Waals surface area contributed by atoms with Crippen molar-refractivity contribution in [2.24, 2.45) is 0 Å². The lowest BCUT2D eigenvalue weighted by atomic mass is 10.1. The van der Waals surface area contributed by atoms with E-state index in [1.165, 1.54) is 30.0 Å². The molecule has 216 valence electrons. The molecular weight excluding hydrogens is 534 g/mol. The van der Waals surface area contributed by atoms with Crippen LogP contribution >= 0.6 is 0 Å². The van der Waals surface area contributed by atoms with Crippen LogP contribution in [0.4, 0.5) is 16.3 Å². The molecule has 1 atom stereocenters. The van der Waals surface area contributed by atoms with Crippen LogP contribution in [0.1, 0.15) is 58.5 Å². The lowest BCUT2D eigenvalue weighted by Crippen LogP contribution is -2.36. The minimum absolute atomic E-state index is 0.0724. The number of hydrogen-bond acceptors (Lipinski definition) is 9. The Bertz CT molecular complexity index is 1500. The van der Waals surface area contributed by atoms with Gasteiger partial charge in [-0.1, -0.05) is 6.07 Å². The van der Waals surface area contributed by atoms with Crippen molar-refractivity contribution in [3.63, 3.8) is 0 Å². The number of aryl methyl sites for hydroxylation is 2. The van der Waals surface area contributed by atoms with E-state index in [-0.39, 0.29) is 29.4 Å². The molecule has 2 aromatic heterocycles. The molecule has 1 aliphatic carbocycles. The van der Waals surface area contributed by atoms with Crippen LogP contribution in [0.25, 0.3) is 5.52 Å². The van der Waals surface area contributed by atoms with Gasteiger partial charge in [0.25, 0.3) is 11.8 Å². The maximum Gasteiger partial charge on any atom is 0.423 e. The zero-order valence-electron chi connectivity index (χ0n) is 23.1. The third kappa shape index (κ3) is 6.42. The van der Waals surface area contributed by atoms with Gasteiger partial charge in [0, 0.05) is 24.3 Å². The van der Waals surface area contributed by atoms with Crippen molar-refractivity contribution in [3.05, 3.63) is 53.0 Å². The van der Waals surface area contributed by atoms with E-state index in [9.17, 15) is 24.0 Å². The molecule has 1 aliphatic rings. The summed E-state index contributed by atoms with van der Waals surface area (Å²) in [4.78, 5) is 67.4. The normalized spacial score (nSPS) is 13.2. The highest BCUT2D eigenvalue weighted by molar-refractivity contribution is 6.05. The largest absolute Gasteiger partial charge is 0.426 e. The molecule has 0 bridgehead atoms. The molecule has 1 saturated carbocycles. The molecule has 2 heterocycles. The van der Waals surface area contributed by atoms with E-state index in [4.69, 9.17) is 9.47 Å². The van der Waals surface area contributed by atoms with Crippen LogP contribution in [-0.2, 0) is 19.1 Å². The van der Waals surface area contributed by atoms with E-state index in [0.29, 0.717) is 40.7 Å². The number of carbonyl (C=O) groups is 5. The number of nitrogens with one attached hydrogen (secondary N) is 3. The first-order valence-corrected chi connectivity index (χ1v) is 13.0. The van der Waals surface area contributed by atoms with Gasteiger partial charge in [0.1, 0.15) is 17.9 Å². The summed E-state index contributed by atoms with van der Waals surface area (Å²) in [5, 5.41) is 12.1. The fraction of sp³-hybridized carbons (Fsp3) is 0.370. The second-order valence-electron chi connectivity index (χ2n) is 9.49. The maximum absolute atomic E-state index is 13.6. The van der Waals surface area contributed by atoms with Gasteiger partial charge in [-0.05, 0) is 63.8 Å². The van der Waals surface area contributed by atoms with Crippen molar-refractivity contribution in [3.8, 4) is 0 Å². The average Bonchev–Trinajstić information content (AvgIpc) is 3.69. The zero-order chi connectivity index (χ0) is 29.7. The van der Waals surface area contributed by atoms with E-state index in [1.807, 2.05) is 0 Å². The van der Waals surface area contributed by atoms with Crippen LogP contribution in [-0.4, -0.2) is 70.3 Å². The summed E-state index contributed by atoms with van der Waals surface area (Å²) in [6.07, 6.45) is 3.93. The van der Waals surface area contributed by atoms with Crippen molar-refractivity contribution in [2.45, 2.75) is 52.6 Å². The minimum Gasteiger partial charge on any atom is -0.426 e. The summed E-state index contributed by atoms with van der Waals surface area (Å²) in [5.41, 5.74) is 2.39. The van der Waals surface area contributed by atoms with E-state index < -0.39 is 24.9 Å². The van der Waals surface area contributed by atoms with Gasteiger partial charge in [-0.25, -0.2) is 24.0 Å². The number of amides is 4. The van der Waals surface area contributed by atoms with Crippen LogP contribution in [0.3, 0.4) is 0 Å².